The van der Waals surface area contributed by atoms with Crippen LogP contribution < -0.4 is 10.2 Å². The molecule has 15 heteroatoms. The number of ether oxygens (including phenoxy) is 4. The number of hydrogen-bond donors (Lipinski definition) is 9. The van der Waals surface area contributed by atoms with Gasteiger partial charge in [0, 0.05) is 17.7 Å². The highest BCUT2D eigenvalue weighted by molar-refractivity contribution is 5.88. The molecule has 2 saturated heterocycles. The summed E-state index contributed by atoms with van der Waals surface area (Å²) < 4.78 is 28.2. The Balaban J connectivity index is 1.59. The molecular formula is C26H28O15. The monoisotopic (exact) mass is 580 g/mol. The van der Waals surface area contributed by atoms with Crippen LogP contribution >= 0.6 is 0 Å². The van der Waals surface area contributed by atoms with Crippen LogP contribution in [-0.2, 0) is 14.2 Å². The topological polar surface area (TPSA) is 249 Å². The molecule has 9 N–H and O–H groups in total. The molecule has 1 aromatic heterocycles. The summed E-state index contributed by atoms with van der Waals surface area (Å²) in [4.78, 5) is 13.6. The highest BCUT2D eigenvalue weighted by Gasteiger charge is 2.48. The number of aliphatic hydroxyl groups excluding tert-OH is 5. The fraction of sp³-hybridized carbons (Fsp3) is 0.423. The lowest BCUT2D eigenvalue weighted by Crippen LogP contribution is -2.62. The first-order valence-corrected chi connectivity index (χ1v) is 12.4. The third kappa shape index (κ3) is 5.25. The third-order valence-corrected chi connectivity index (χ3v) is 6.92. The molecule has 2 aliphatic heterocycles. The third-order valence-electron chi connectivity index (χ3n) is 6.92. The molecule has 0 bridgehead atoms. The van der Waals surface area contributed by atoms with Gasteiger partial charge in [-0.25, -0.2) is 0 Å². The fourth-order valence-corrected chi connectivity index (χ4v) is 4.64. The van der Waals surface area contributed by atoms with E-state index in [1.165, 1.54) is 13.0 Å². The summed E-state index contributed by atoms with van der Waals surface area (Å²) in [5, 5.41) is 91.2. The molecule has 0 amide bonds. The van der Waals surface area contributed by atoms with Gasteiger partial charge in [-0.2, -0.15) is 0 Å². The van der Waals surface area contributed by atoms with Crippen LogP contribution in [0.4, 0.5) is 0 Å². The van der Waals surface area contributed by atoms with Gasteiger partial charge < -0.3 is 69.3 Å². The number of rotatable bonds is 5. The molecule has 41 heavy (non-hydrogen) atoms. The van der Waals surface area contributed by atoms with Gasteiger partial charge in [0.1, 0.15) is 53.0 Å². The number of phenols is 4. The summed E-state index contributed by atoms with van der Waals surface area (Å²) in [6, 6.07) is 5.36. The van der Waals surface area contributed by atoms with Crippen LogP contribution in [0.2, 0.25) is 0 Å². The van der Waals surface area contributed by atoms with Gasteiger partial charge in [-0.1, -0.05) is 0 Å². The van der Waals surface area contributed by atoms with Crippen molar-refractivity contribution in [3.05, 3.63) is 40.6 Å². The molecule has 0 unspecified atom stereocenters. The molecule has 3 aromatic rings. The number of aliphatic hydroxyl groups is 5. The van der Waals surface area contributed by atoms with Crippen LogP contribution in [0.15, 0.2) is 39.5 Å². The van der Waals surface area contributed by atoms with E-state index >= 15 is 0 Å². The van der Waals surface area contributed by atoms with E-state index in [-0.39, 0.29) is 16.9 Å². The predicted molar refractivity (Wildman–Crippen MR) is 134 cm³/mol. The zero-order valence-electron chi connectivity index (χ0n) is 21.3. The Bertz CT molecular complexity index is 1490. The lowest BCUT2D eigenvalue weighted by atomic mass is 9.99. The average molecular weight is 580 g/mol. The lowest BCUT2D eigenvalue weighted by Gasteiger charge is -2.43. The normalized spacial score (nSPS) is 32.2. The van der Waals surface area contributed by atoms with Crippen molar-refractivity contribution in [3.63, 3.8) is 0 Å². The molecule has 0 spiro atoms. The number of hydrogen-bond acceptors (Lipinski definition) is 15. The van der Waals surface area contributed by atoms with Crippen LogP contribution in [0, 0.1) is 0 Å². The highest BCUT2D eigenvalue weighted by Crippen LogP contribution is 2.39. The summed E-state index contributed by atoms with van der Waals surface area (Å²) in [5.74, 6) is -3.14. The van der Waals surface area contributed by atoms with E-state index in [2.05, 4.69) is 0 Å². The molecule has 15 nitrogen and oxygen atoms in total. The molecule has 0 radical (unpaired) electrons. The van der Waals surface area contributed by atoms with Gasteiger partial charge in [0.15, 0.2) is 29.7 Å². The van der Waals surface area contributed by atoms with Crippen LogP contribution in [0.5, 0.6) is 28.7 Å². The summed E-state index contributed by atoms with van der Waals surface area (Å²) in [6.07, 6.45) is -14.2. The second-order valence-corrected chi connectivity index (χ2v) is 9.79. The number of fused-ring (bicyclic) bond motifs is 1. The van der Waals surface area contributed by atoms with Crippen molar-refractivity contribution in [1.82, 2.24) is 0 Å². The van der Waals surface area contributed by atoms with Gasteiger partial charge in [-0.15, -0.1) is 0 Å². The highest BCUT2D eigenvalue weighted by atomic mass is 16.8. The van der Waals surface area contributed by atoms with Gasteiger partial charge >= 0.3 is 0 Å². The molecule has 3 heterocycles. The average Bonchev–Trinajstić information content (AvgIpc) is 2.92. The first kappa shape index (κ1) is 28.8. The van der Waals surface area contributed by atoms with Crippen LogP contribution in [0.25, 0.3) is 22.3 Å². The van der Waals surface area contributed by atoms with Gasteiger partial charge in [-0.05, 0) is 25.1 Å². The Morgan fingerprint density at radius 3 is 2.27 bits per heavy atom. The van der Waals surface area contributed by atoms with Crippen molar-refractivity contribution in [3.8, 4) is 40.1 Å². The van der Waals surface area contributed by atoms with Gasteiger partial charge in [0.2, 0.25) is 17.5 Å². The zero-order chi connectivity index (χ0) is 29.7. The molecule has 222 valence electrons. The molecular weight excluding hydrogens is 552 g/mol. The Kier molecular flexibility index (Phi) is 7.71. The zero-order valence-corrected chi connectivity index (χ0v) is 21.3. The second kappa shape index (κ2) is 11.0. The smallest absolute Gasteiger partial charge is 0.239 e. The summed E-state index contributed by atoms with van der Waals surface area (Å²) in [6.45, 7) is 0.904. The number of aromatic hydroxyl groups is 4. The fourth-order valence-electron chi connectivity index (χ4n) is 4.64. The van der Waals surface area contributed by atoms with E-state index in [4.69, 9.17) is 23.4 Å². The van der Waals surface area contributed by atoms with Crippen molar-refractivity contribution in [2.24, 2.45) is 0 Å². The molecule has 2 fully saturated rings. The van der Waals surface area contributed by atoms with Crippen molar-refractivity contribution in [2.75, 3.05) is 6.61 Å². The maximum Gasteiger partial charge on any atom is 0.239 e. The van der Waals surface area contributed by atoms with Crippen molar-refractivity contribution in [2.45, 2.75) is 62.2 Å². The lowest BCUT2D eigenvalue weighted by molar-refractivity contribution is -0.344. The molecule has 2 aliphatic rings. The second-order valence-electron chi connectivity index (χ2n) is 9.79. The van der Waals surface area contributed by atoms with E-state index in [0.29, 0.717) is 0 Å². The van der Waals surface area contributed by atoms with Crippen molar-refractivity contribution >= 4 is 11.0 Å². The SMILES string of the molecule is C[C@@H]1O[C@@H](O[C@H]2[C@H](Oc3c(-c4ccc(O)c(O)c4)oc4cc(O)cc(O)c4c3=O)OC[C@@H](O)[C@@H]2O)[C@H](O)[C@H](O)[C@H]1O. The summed E-state index contributed by atoms with van der Waals surface area (Å²) >= 11 is 0. The van der Waals surface area contributed by atoms with E-state index in [0.717, 1.165) is 24.3 Å². The van der Waals surface area contributed by atoms with Crippen LogP contribution in [0.1, 0.15) is 6.92 Å². The van der Waals surface area contributed by atoms with Gasteiger partial charge in [0.25, 0.3) is 0 Å². The van der Waals surface area contributed by atoms with Crippen molar-refractivity contribution in [1.29, 1.82) is 0 Å². The summed E-state index contributed by atoms with van der Waals surface area (Å²) in [5.41, 5.74) is -1.24. The Morgan fingerprint density at radius 1 is 0.829 bits per heavy atom. The first-order valence-electron chi connectivity index (χ1n) is 12.4. The van der Waals surface area contributed by atoms with E-state index in [9.17, 15) is 50.8 Å². The number of benzene rings is 2. The Labute approximate surface area is 230 Å². The van der Waals surface area contributed by atoms with Crippen molar-refractivity contribution < 1.29 is 69.3 Å². The van der Waals surface area contributed by atoms with Gasteiger partial charge in [-0.3, -0.25) is 4.79 Å². The minimum absolute atomic E-state index is 0.00274. The van der Waals surface area contributed by atoms with E-state index < -0.39 is 101 Å². The molecule has 5 rings (SSSR count). The Morgan fingerprint density at radius 2 is 1.56 bits per heavy atom. The molecule has 2 aromatic carbocycles. The predicted octanol–water partition coefficient (Wildman–Crippen LogP) is -1.05. The molecule has 0 saturated carbocycles. The minimum atomic E-state index is -1.79. The molecule has 9 atom stereocenters. The number of phenolic OH excluding ortho intramolecular Hbond substituents is 4. The minimum Gasteiger partial charge on any atom is -0.508 e. The quantitative estimate of drug-likeness (QED) is 0.163. The largest absolute Gasteiger partial charge is 0.508 e. The standard InChI is InChI=1S/C26H28O15/c1-8-17(32)20(35)21(36)25(38-8)41-24-18(33)14(31)7-37-26(24)40-23-19(34)16-13(30)5-10(27)6-15(16)39-22(23)9-2-3-11(28)12(29)4-9/h2-6,8,14,17-18,20-21,24-33,35-36H,7H2,1H3/t8-,14+,17-,18-,20+,21+,24+,25-,26-/m0/s1. The maximum atomic E-state index is 13.6. The van der Waals surface area contributed by atoms with E-state index in [1.807, 2.05) is 0 Å². The molecule has 0 aliphatic carbocycles. The van der Waals surface area contributed by atoms with Crippen LogP contribution in [-0.4, -0.2) is 108 Å². The van der Waals surface area contributed by atoms with Crippen LogP contribution in [0.3, 0.4) is 0 Å². The summed E-state index contributed by atoms with van der Waals surface area (Å²) in [7, 11) is 0. The Hall–Kier alpha value is -3.67. The van der Waals surface area contributed by atoms with E-state index in [1.54, 1.807) is 0 Å². The first-order chi connectivity index (χ1) is 19.4. The maximum absolute atomic E-state index is 13.6. The van der Waals surface area contributed by atoms with Gasteiger partial charge in [0.05, 0.1) is 12.7 Å².